The van der Waals surface area contributed by atoms with Crippen LogP contribution in [0.3, 0.4) is 0 Å². The molecule has 3 N–H and O–H groups in total. The first-order valence-corrected chi connectivity index (χ1v) is 1.80. The minimum absolute atomic E-state index is 0. The molecule has 0 bridgehead atoms. The largest absolute Gasteiger partial charge is 0.480 e. The van der Waals surface area contributed by atoms with E-state index in [0.29, 0.717) is 0 Å². The molecule has 0 saturated heterocycles. The molecule has 4 nitrogen and oxygen atoms in total. The number of carbonyl (C=O) groups is 1. The van der Waals surface area contributed by atoms with Gasteiger partial charge >= 0.3 is 5.97 Å². The van der Waals surface area contributed by atoms with Gasteiger partial charge in [-0.1, -0.05) is 0 Å². The molecule has 0 aliphatic heterocycles. The van der Waals surface area contributed by atoms with E-state index >= 15 is 0 Å². The van der Waals surface area contributed by atoms with Gasteiger partial charge in [0.15, 0.2) is 0 Å². The molecule has 0 radical (unpaired) electrons. The Morgan fingerprint density at radius 2 is 2.12 bits per heavy atom. The average Bonchev–Trinajstić information content (AvgIpc) is 1.61. The molecule has 0 aromatic rings. The summed E-state index contributed by atoms with van der Waals surface area (Å²) in [6.07, 6.45) is 0. The van der Waals surface area contributed by atoms with E-state index in [1.807, 2.05) is 0 Å². The van der Waals surface area contributed by atoms with Crippen LogP contribution < -0.4 is 5.32 Å². The van der Waals surface area contributed by atoms with Crippen LogP contribution in [-0.4, -0.2) is 29.5 Å². The van der Waals surface area contributed by atoms with Gasteiger partial charge < -0.3 is 10.2 Å². The van der Waals surface area contributed by atoms with Crippen molar-refractivity contribution in [3.05, 3.63) is 0 Å². The predicted molar refractivity (Wildman–Crippen MR) is 30.0 cm³/mol. The lowest BCUT2D eigenvalue weighted by atomic mass is 10.7. The van der Waals surface area contributed by atoms with Gasteiger partial charge in [0, 0.05) is 0 Å². The number of hydrogen-bond donors (Lipinski definition) is 3. The minimum Gasteiger partial charge on any atom is -0.480 e. The fourth-order valence-electron chi connectivity index (χ4n) is 0.163. The molecular formula is C3H8ClNO3. The first-order chi connectivity index (χ1) is 3.27. The second-order valence-corrected chi connectivity index (χ2v) is 0.979. The van der Waals surface area contributed by atoms with E-state index in [4.69, 9.17) is 10.2 Å². The maximum Gasteiger partial charge on any atom is 0.317 e. The Bertz CT molecular complexity index is 67.5. The van der Waals surface area contributed by atoms with Crippen LogP contribution in [-0.2, 0) is 4.79 Å². The smallest absolute Gasteiger partial charge is 0.317 e. The molecule has 0 aliphatic rings. The first kappa shape index (κ1) is 10.6. The number of hydrogen-bond acceptors (Lipinski definition) is 3. The molecule has 0 aromatic carbocycles. The lowest BCUT2D eigenvalue weighted by Crippen LogP contribution is -2.22. The zero-order valence-corrected chi connectivity index (χ0v) is 4.94. The molecule has 0 fully saturated rings. The Kier molecular flexibility index (Phi) is 8.87. The highest BCUT2D eigenvalue weighted by Crippen LogP contribution is 1.54. The zero-order valence-electron chi connectivity index (χ0n) is 4.13. The quantitative estimate of drug-likeness (QED) is 0.443. The highest BCUT2D eigenvalue weighted by molar-refractivity contribution is 5.85. The van der Waals surface area contributed by atoms with Gasteiger partial charge in [0.2, 0.25) is 0 Å². The summed E-state index contributed by atoms with van der Waals surface area (Å²) < 4.78 is 0. The van der Waals surface area contributed by atoms with Crippen molar-refractivity contribution in [1.29, 1.82) is 0 Å². The van der Waals surface area contributed by atoms with Crippen molar-refractivity contribution in [2.24, 2.45) is 0 Å². The van der Waals surface area contributed by atoms with Gasteiger partial charge in [0.05, 0.1) is 13.3 Å². The summed E-state index contributed by atoms with van der Waals surface area (Å²) >= 11 is 0. The number of carboxylic acid groups (broad SMARTS) is 1. The molecule has 0 aliphatic carbocycles. The number of halogens is 1. The Morgan fingerprint density at radius 3 is 2.25 bits per heavy atom. The van der Waals surface area contributed by atoms with Crippen molar-refractivity contribution in [3.8, 4) is 0 Å². The summed E-state index contributed by atoms with van der Waals surface area (Å²) in [5.74, 6) is -0.964. The average molecular weight is 142 g/mol. The van der Waals surface area contributed by atoms with Crippen molar-refractivity contribution < 1.29 is 15.0 Å². The Labute approximate surface area is 52.9 Å². The van der Waals surface area contributed by atoms with Gasteiger partial charge in [-0.3, -0.25) is 10.1 Å². The van der Waals surface area contributed by atoms with Gasteiger partial charge in [0.1, 0.15) is 0 Å². The Hall–Kier alpha value is -0.320. The van der Waals surface area contributed by atoms with Gasteiger partial charge in [-0.25, -0.2) is 0 Å². The highest BCUT2D eigenvalue weighted by atomic mass is 35.5. The van der Waals surface area contributed by atoms with Crippen LogP contribution in [0, 0.1) is 0 Å². The standard InChI is InChI=1S/C3H7NO3.ClH/c5-2-4-1-3(6)7;/h4-5H,1-2H2,(H,6,7);1H. The van der Waals surface area contributed by atoms with Gasteiger partial charge in [0.25, 0.3) is 0 Å². The van der Waals surface area contributed by atoms with E-state index in [0.717, 1.165) is 0 Å². The molecule has 0 heterocycles. The van der Waals surface area contributed by atoms with Crippen molar-refractivity contribution in [3.63, 3.8) is 0 Å². The van der Waals surface area contributed by atoms with Crippen LogP contribution in [0.25, 0.3) is 0 Å². The van der Waals surface area contributed by atoms with E-state index in [-0.39, 0.29) is 25.7 Å². The molecule has 5 heteroatoms. The van der Waals surface area contributed by atoms with Crippen LogP contribution in [0.15, 0.2) is 0 Å². The van der Waals surface area contributed by atoms with E-state index in [9.17, 15) is 4.79 Å². The zero-order chi connectivity index (χ0) is 5.70. The van der Waals surface area contributed by atoms with Crippen LogP contribution in [0.2, 0.25) is 0 Å². The number of aliphatic hydroxyl groups is 1. The van der Waals surface area contributed by atoms with E-state index in [1.165, 1.54) is 0 Å². The third-order valence-corrected chi connectivity index (χ3v) is 0.388. The summed E-state index contributed by atoms with van der Waals surface area (Å²) in [6, 6.07) is 0. The van der Waals surface area contributed by atoms with E-state index in [1.54, 1.807) is 0 Å². The van der Waals surface area contributed by atoms with Crippen LogP contribution in [0.5, 0.6) is 0 Å². The lowest BCUT2D eigenvalue weighted by Gasteiger charge is -1.90. The van der Waals surface area contributed by atoms with Crippen molar-refractivity contribution in [1.82, 2.24) is 5.32 Å². The number of carboxylic acids is 1. The lowest BCUT2D eigenvalue weighted by molar-refractivity contribution is -0.136. The Morgan fingerprint density at radius 1 is 1.62 bits per heavy atom. The molecule has 0 saturated carbocycles. The second kappa shape index (κ2) is 6.68. The molecule has 50 valence electrons. The topological polar surface area (TPSA) is 69.6 Å². The highest BCUT2D eigenvalue weighted by Gasteiger charge is 1.89. The predicted octanol–water partition coefficient (Wildman–Crippen LogP) is -0.968. The fourth-order valence-corrected chi connectivity index (χ4v) is 0.163. The molecular weight excluding hydrogens is 133 g/mol. The van der Waals surface area contributed by atoms with Gasteiger partial charge in [-0.15, -0.1) is 12.4 Å². The summed E-state index contributed by atoms with van der Waals surface area (Å²) in [5, 5.41) is 18.0. The van der Waals surface area contributed by atoms with E-state index < -0.39 is 5.97 Å². The molecule has 0 spiro atoms. The van der Waals surface area contributed by atoms with Crippen molar-refractivity contribution in [2.45, 2.75) is 0 Å². The fraction of sp³-hybridized carbons (Fsp3) is 0.667. The summed E-state index contributed by atoms with van der Waals surface area (Å²) in [4.78, 5) is 9.58. The summed E-state index contributed by atoms with van der Waals surface area (Å²) in [6.45, 7) is -0.469. The maximum absolute atomic E-state index is 9.58. The van der Waals surface area contributed by atoms with Crippen LogP contribution >= 0.6 is 12.4 Å². The van der Waals surface area contributed by atoms with Gasteiger partial charge in [-0.05, 0) is 0 Å². The number of aliphatic hydroxyl groups excluding tert-OH is 1. The number of rotatable bonds is 3. The molecule has 8 heavy (non-hydrogen) atoms. The SMILES string of the molecule is Cl.O=C(O)CNCO. The number of aliphatic carboxylic acids is 1. The molecule has 0 unspecified atom stereocenters. The summed E-state index contributed by atoms with van der Waals surface area (Å²) in [7, 11) is 0. The molecule has 0 aromatic heterocycles. The maximum atomic E-state index is 9.58. The van der Waals surface area contributed by atoms with Crippen molar-refractivity contribution in [2.75, 3.05) is 13.3 Å². The molecule has 0 atom stereocenters. The van der Waals surface area contributed by atoms with Crippen LogP contribution in [0.1, 0.15) is 0 Å². The summed E-state index contributed by atoms with van der Waals surface area (Å²) in [5.41, 5.74) is 0. The third-order valence-electron chi connectivity index (χ3n) is 0.388. The second-order valence-electron chi connectivity index (χ2n) is 0.979. The van der Waals surface area contributed by atoms with Crippen LogP contribution in [0.4, 0.5) is 0 Å². The minimum atomic E-state index is -0.964. The Balaban J connectivity index is 0. The molecule has 0 amide bonds. The third kappa shape index (κ3) is 9.19. The number of nitrogens with one attached hydrogen (secondary N) is 1. The van der Waals surface area contributed by atoms with Crippen molar-refractivity contribution >= 4 is 18.4 Å². The van der Waals surface area contributed by atoms with E-state index in [2.05, 4.69) is 5.32 Å². The van der Waals surface area contributed by atoms with Gasteiger partial charge in [-0.2, -0.15) is 0 Å². The molecule has 0 rings (SSSR count). The first-order valence-electron chi connectivity index (χ1n) is 1.80. The normalized spacial score (nSPS) is 7.62. The monoisotopic (exact) mass is 141 g/mol.